The second-order valence-electron chi connectivity index (χ2n) is 6.26. The number of aromatic nitrogens is 5. The summed E-state index contributed by atoms with van der Waals surface area (Å²) >= 11 is 0. The molecule has 0 aliphatic carbocycles. The number of anilines is 1. The minimum Gasteiger partial charge on any atom is -0.492 e. The van der Waals surface area contributed by atoms with Crippen LogP contribution in [0.25, 0.3) is 28.2 Å². The zero-order chi connectivity index (χ0) is 20.9. The van der Waals surface area contributed by atoms with Crippen molar-refractivity contribution < 1.29 is 14.2 Å². The van der Waals surface area contributed by atoms with Crippen LogP contribution in [-0.2, 0) is 0 Å². The lowest BCUT2D eigenvalue weighted by Crippen LogP contribution is -2.37. The molecule has 30 heavy (non-hydrogen) atoms. The summed E-state index contributed by atoms with van der Waals surface area (Å²) in [5, 5.41) is 12.9. The predicted octanol–water partition coefficient (Wildman–Crippen LogP) is 1.75. The van der Waals surface area contributed by atoms with Gasteiger partial charge in [0.2, 0.25) is 0 Å². The molecule has 0 bridgehead atoms. The molecule has 0 spiro atoms. The minimum absolute atomic E-state index is 0.152. The number of carbonyl (C=O) groups excluding carboxylic acids is 1. The molecule has 2 amide bonds. The van der Waals surface area contributed by atoms with E-state index in [4.69, 9.17) is 15.1 Å². The quantitative estimate of drug-likeness (QED) is 0.392. The van der Waals surface area contributed by atoms with Crippen molar-refractivity contribution in [1.82, 2.24) is 35.5 Å². The fourth-order valence-electron chi connectivity index (χ4n) is 2.95. The van der Waals surface area contributed by atoms with Gasteiger partial charge in [0, 0.05) is 18.4 Å². The highest BCUT2D eigenvalue weighted by molar-refractivity contribution is 5.83. The molecular formula is C19H20N8O3. The maximum absolute atomic E-state index is 11.4. The summed E-state index contributed by atoms with van der Waals surface area (Å²) in [4.78, 5) is 20.1. The van der Waals surface area contributed by atoms with Crippen molar-refractivity contribution in [1.29, 1.82) is 0 Å². The number of pyridine rings is 1. The zero-order valence-corrected chi connectivity index (χ0v) is 16.2. The third-order valence-corrected chi connectivity index (χ3v) is 4.27. The number of amides is 2. The molecule has 0 saturated carbocycles. The van der Waals surface area contributed by atoms with E-state index in [2.05, 4.69) is 30.9 Å². The number of nitrogens with two attached hydrogens (primary N) is 1. The van der Waals surface area contributed by atoms with E-state index in [1.165, 1.54) is 0 Å². The number of urea groups is 1. The molecule has 154 valence electrons. The Bertz CT molecular complexity index is 1150. The number of nitrogens with zero attached hydrogens (tertiary/aromatic N) is 5. The first kappa shape index (κ1) is 19.2. The SMILES string of the molecule is CCNC(=O)NCCOc1ccc(-n2c(-c3nonc3N)nc3cnccc32)cc1. The summed E-state index contributed by atoms with van der Waals surface area (Å²) < 4.78 is 12.3. The van der Waals surface area contributed by atoms with Gasteiger partial charge >= 0.3 is 6.03 Å². The van der Waals surface area contributed by atoms with Gasteiger partial charge in [-0.2, -0.15) is 0 Å². The van der Waals surface area contributed by atoms with Crippen LogP contribution in [0.1, 0.15) is 6.92 Å². The molecule has 11 heteroatoms. The molecule has 0 aliphatic heterocycles. The van der Waals surface area contributed by atoms with E-state index in [1.54, 1.807) is 12.4 Å². The molecule has 0 aliphatic rings. The van der Waals surface area contributed by atoms with E-state index in [0.717, 1.165) is 11.2 Å². The maximum Gasteiger partial charge on any atom is 0.314 e. The van der Waals surface area contributed by atoms with Crippen LogP contribution in [-0.4, -0.2) is 50.6 Å². The van der Waals surface area contributed by atoms with Gasteiger partial charge in [-0.05, 0) is 47.6 Å². The van der Waals surface area contributed by atoms with Crippen molar-refractivity contribution in [3.05, 3.63) is 42.7 Å². The molecule has 3 aromatic heterocycles. The number of carbonyl (C=O) groups is 1. The third kappa shape index (κ3) is 3.85. The van der Waals surface area contributed by atoms with Crippen molar-refractivity contribution in [3.63, 3.8) is 0 Å². The molecule has 4 N–H and O–H groups in total. The average molecular weight is 408 g/mol. The Morgan fingerprint density at radius 2 is 2.03 bits per heavy atom. The Morgan fingerprint density at radius 1 is 1.20 bits per heavy atom. The fraction of sp³-hybridized carbons (Fsp3) is 0.211. The first-order valence-electron chi connectivity index (χ1n) is 9.33. The second-order valence-corrected chi connectivity index (χ2v) is 6.26. The fourth-order valence-corrected chi connectivity index (χ4v) is 2.95. The standard InChI is InChI=1S/C19H20N8O3/c1-2-22-19(28)23-9-10-29-13-5-3-12(4-6-13)27-15-7-8-21-11-14(15)24-18(27)16-17(20)26-30-25-16/h3-8,11H,2,9-10H2,1H3,(H2,20,26)(H2,22,23,28). The molecule has 4 rings (SSSR count). The molecule has 1 aromatic carbocycles. The van der Waals surface area contributed by atoms with Crippen molar-refractivity contribution >= 4 is 22.9 Å². The van der Waals surface area contributed by atoms with Crippen LogP contribution in [0.3, 0.4) is 0 Å². The van der Waals surface area contributed by atoms with Crippen LogP contribution in [0.2, 0.25) is 0 Å². The molecule has 0 fully saturated rings. The summed E-state index contributed by atoms with van der Waals surface area (Å²) in [5.41, 5.74) is 8.58. The number of nitrogens with one attached hydrogen (secondary N) is 2. The maximum atomic E-state index is 11.4. The van der Waals surface area contributed by atoms with E-state index in [-0.39, 0.29) is 11.8 Å². The van der Waals surface area contributed by atoms with Crippen molar-refractivity contribution in [2.75, 3.05) is 25.4 Å². The topological polar surface area (TPSA) is 146 Å². The number of hydrogen-bond donors (Lipinski definition) is 3. The second kappa shape index (κ2) is 8.47. The number of nitrogen functional groups attached to an aromatic ring is 1. The summed E-state index contributed by atoms with van der Waals surface area (Å²) in [6.07, 6.45) is 3.35. The van der Waals surface area contributed by atoms with E-state index < -0.39 is 0 Å². The Hall–Kier alpha value is -4.15. The van der Waals surface area contributed by atoms with Crippen LogP contribution < -0.4 is 21.1 Å². The van der Waals surface area contributed by atoms with E-state index in [9.17, 15) is 4.79 Å². The van der Waals surface area contributed by atoms with Gasteiger partial charge < -0.3 is 21.1 Å². The summed E-state index contributed by atoms with van der Waals surface area (Å²) in [5.74, 6) is 1.32. The average Bonchev–Trinajstić information content (AvgIpc) is 3.35. The highest BCUT2D eigenvalue weighted by Gasteiger charge is 2.20. The van der Waals surface area contributed by atoms with Gasteiger partial charge in [-0.15, -0.1) is 0 Å². The highest BCUT2D eigenvalue weighted by Crippen LogP contribution is 2.30. The highest BCUT2D eigenvalue weighted by atomic mass is 16.6. The van der Waals surface area contributed by atoms with Crippen LogP contribution in [0.5, 0.6) is 5.75 Å². The Kier molecular flexibility index (Phi) is 5.42. The van der Waals surface area contributed by atoms with E-state index in [1.807, 2.05) is 41.8 Å². The van der Waals surface area contributed by atoms with Crippen LogP contribution in [0, 0.1) is 0 Å². The lowest BCUT2D eigenvalue weighted by atomic mass is 10.2. The summed E-state index contributed by atoms with van der Waals surface area (Å²) in [6, 6.07) is 9.09. The monoisotopic (exact) mass is 408 g/mol. The summed E-state index contributed by atoms with van der Waals surface area (Å²) in [7, 11) is 0. The van der Waals surface area contributed by atoms with Crippen LogP contribution in [0.4, 0.5) is 10.6 Å². The predicted molar refractivity (Wildman–Crippen MR) is 109 cm³/mol. The third-order valence-electron chi connectivity index (χ3n) is 4.27. The number of rotatable bonds is 7. The van der Waals surface area contributed by atoms with Gasteiger partial charge in [0.05, 0.1) is 18.3 Å². The molecule has 3 heterocycles. The molecule has 0 unspecified atom stereocenters. The van der Waals surface area contributed by atoms with Crippen LogP contribution in [0.15, 0.2) is 47.4 Å². The largest absolute Gasteiger partial charge is 0.492 e. The molecule has 4 aromatic rings. The zero-order valence-electron chi connectivity index (χ0n) is 16.2. The number of benzene rings is 1. The normalized spacial score (nSPS) is 10.8. The first-order chi connectivity index (χ1) is 14.7. The van der Waals surface area contributed by atoms with Crippen molar-refractivity contribution in [2.24, 2.45) is 0 Å². The Balaban J connectivity index is 1.56. The van der Waals surface area contributed by atoms with Crippen LogP contribution >= 0.6 is 0 Å². The Labute approximate surface area is 171 Å². The van der Waals surface area contributed by atoms with E-state index in [0.29, 0.717) is 42.5 Å². The smallest absolute Gasteiger partial charge is 0.314 e. The van der Waals surface area contributed by atoms with Gasteiger partial charge in [0.1, 0.15) is 17.9 Å². The van der Waals surface area contributed by atoms with Gasteiger partial charge in [0.25, 0.3) is 0 Å². The molecule has 0 radical (unpaired) electrons. The van der Waals surface area contributed by atoms with Gasteiger partial charge in [0.15, 0.2) is 17.3 Å². The minimum atomic E-state index is -0.216. The molecule has 11 nitrogen and oxygen atoms in total. The lowest BCUT2D eigenvalue weighted by Gasteiger charge is -2.11. The van der Waals surface area contributed by atoms with Crippen molar-refractivity contribution in [3.8, 4) is 23.0 Å². The first-order valence-corrected chi connectivity index (χ1v) is 9.33. The number of imidazole rings is 1. The molecule has 0 atom stereocenters. The van der Waals surface area contributed by atoms with E-state index >= 15 is 0 Å². The van der Waals surface area contributed by atoms with Gasteiger partial charge in [-0.3, -0.25) is 9.55 Å². The number of fused-ring (bicyclic) bond motifs is 1. The Morgan fingerprint density at radius 3 is 2.77 bits per heavy atom. The summed E-state index contributed by atoms with van der Waals surface area (Å²) in [6.45, 7) is 3.18. The molecule has 0 saturated heterocycles. The van der Waals surface area contributed by atoms with Gasteiger partial charge in [-0.25, -0.2) is 14.4 Å². The van der Waals surface area contributed by atoms with Gasteiger partial charge in [-0.1, -0.05) is 0 Å². The number of ether oxygens (including phenoxy) is 1. The lowest BCUT2D eigenvalue weighted by molar-refractivity contribution is 0.237. The molecular weight excluding hydrogens is 388 g/mol. The number of hydrogen-bond acceptors (Lipinski definition) is 8. The van der Waals surface area contributed by atoms with Crippen molar-refractivity contribution in [2.45, 2.75) is 6.92 Å².